The maximum absolute atomic E-state index is 11.9. The van der Waals surface area contributed by atoms with Gasteiger partial charge >= 0.3 is 5.97 Å². The predicted molar refractivity (Wildman–Crippen MR) is 77.8 cm³/mol. The lowest BCUT2D eigenvalue weighted by molar-refractivity contribution is -0.384. The Kier molecular flexibility index (Phi) is 4.69. The van der Waals surface area contributed by atoms with Crippen LogP contribution in [0.2, 0.25) is 0 Å². The second-order valence-corrected chi connectivity index (χ2v) is 4.66. The number of ether oxygens (including phenoxy) is 1. The minimum Gasteiger partial charge on any atom is -0.449 e. The van der Waals surface area contributed by atoms with Crippen molar-refractivity contribution in [2.75, 3.05) is 5.32 Å². The van der Waals surface area contributed by atoms with Crippen LogP contribution >= 0.6 is 0 Å². The van der Waals surface area contributed by atoms with Crippen LogP contribution in [0.15, 0.2) is 34.9 Å². The molecule has 2 rings (SSSR count). The summed E-state index contributed by atoms with van der Waals surface area (Å²) in [6, 6.07) is 6.39. The van der Waals surface area contributed by atoms with Crippen molar-refractivity contribution in [1.29, 1.82) is 0 Å². The first-order chi connectivity index (χ1) is 10.9. The number of hydrogen-bond acceptors (Lipinski definition) is 7. The van der Waals surface area contributed by atoms with Crippen molar-refractivity contribution in [3.05, 3.63) is 51.8 Å². The zero-order chi connectivity index (χ0) is 17.0. The number of hydrogen-bond donors (Lipinski definition) is 1. The van der Waals surface area contributed by atoms with Gasteiger partial charge in [-0.1, -0.05) is 5.16 Å². The quantitative estimate of drug-likeness (QED) is 0.508. The maximum Gasteiger partial charge on any atom is 0.338 e. The van der Waals surface area contributed by atoms with Crippen LogP contribution in [0.4, 0.5) is 11.5 Å². The largest absolute Gasteiger partial charge is 0.449 e. The first-order valence-electron chi connectivity index (χ1n) is 6.56. The molecule has 0 saturated carbocycles. The Labute approximate surface area is 130 Å². The van der Waals surface area contributed by atoms with E-state index in [9.17, 15) is 19.7 Å². The normalized spacial score (nSPS) is 11.6. The van der Waals surface area contributed by atoms with E-state index >= 15 is 0 Å². The summed E-state index contributed by atoms with van der Waals surface area (Å²) >= 11 is 0. The summed E-state index contributed by atoms with van der Waals surface area (Å²) in [5.74, 6) is -0.603. The second kappa shape index (κ2) is 6.69. The molecule has 1 heterocycles. The number of nitrogens with one attached hydrogen (secondary N) is 1. The summed E-state index contributed by atoms with van der Waals surface area (Å²) in [7, 11) is 0. The minimum absolute atomic E-state index is 0.104. The van der Waals surface area contributed by atoms with Crippen LogP contribution in [0.1, 0.15) is 23.0 Å². The number of carbonyl (C=O) groups is 2. The van der Waals surface area contributed by atoms with Crippen molar-refractivity contribution >= 4 is 23.4 Å². The van der Waals surface area contributed by atoms with E-state index in [0.29, 0.717) is 5.76 Å². The van der Waals surface area contributed by atoms with Crippen LogP contribution in [0, 0.1) is 17.0 Å². The molecule has 1 N–H and O–H groups in total. The number of non-ortho nitro benzene ring substituents is 1. The number of rotatable bonds is 5. The molecule has 23 heavy (non-hydrogen) atoms. The van der Waals surface area contributed by atoms with Crippen molar-refractivity contribution in [2.45, 2.75) is 20.0 Å². The second-order valence-electron chi connectivity index (χ2n) is 4.66. The fraction of sp³-hybridized carbons (Fsp3) is 0.214. The SMILES string of the molecule is Cc1cc(NC(=O)C(C)OC(=O)c2ccc([N+](=O)[O-])cc2)no1. The molecule has 0 aliphatic heterocycles. The van der Waals surface area contributed by atoms with Gasteiger partial charge in [0.05, 0.1) is 10.5 Å². The van der Waals surface area contributed by atoms with Crippen LogP contribution in [-0.4, -0.2) is 28.1 Å². The minimum atomic E-state index is -1.07. The van der Waals surface area contributed by atoms with Crippen LogP contribution in [0.5, 0.6) is 0 Å². The van der Waals surface area contributed by atoms with Crippen molar-refractivity contribution in [3.8, 4) is 0 Å². The molecular weight excluding hydrogens is 306 g/mol. The zero-order valence-electron chi connectivity index (χ0n) is 12.3. The highest BCUT2D eigenvalue weighted by atomic mass is 16.6. The van der Waals surface area contributed by atoms with Gasteiger partial charge in [-0.25, -0.2) is 4.79 Å². The fourth-order valence-corrected chi connectivity index (χ4v) is 1.65. The molecule has 9 nitrogen and oxygen atoms in total. The van der Waals surface area contributed by atoms with E-state index in [1.54, 1.807) is 6.92 Å². The fourth-order valence-electron chi connectivity index (χ4n) is 1.65. The Morgan fingerprint density at radius 2 is 2.00 bits per heavy atom. The number of benzene rings is 1. The van der Waals surface area contributed by atoms with E-state index < -0.39 is 22.9 Å². The molecular formula is C14H13N3O6. The van der Waals surface area contributed by atoms with Gasteiger partial charge in [-0.3, -0.25) is 14.9 Å². The lowest BCUT2D eigenvalue weighted by Crippen LogP contribution is -2.30. The molecule has 0 aliphatic rings. The lowest BCUT2D eigenvalue weighted by Gasteiger charge is -2.12. The Balaban J connectivity index is 1.95. The highest BCUT2D eigenvalue weighted by Crippen LogP contribution is 2.14. The average Bonchev–Trinajstić information content (AvgIpc) is 2.92. The van der Waals surface area contributed by atoms with Crippen molar-refractivity contribution in [3.63, 3.8) is 0 Å². The molecule has 0 fully saturated rings. The molecule has 9 heteroatoms. The molecule has 0 spiro atoms. The number of nitrogens with zero attached hydrogens (tertiary/aromatic N) is 2. The number of anilines is 1. The van der Waals surface area contributed by atoms with Gasteiger partial charge in [0.1, 0.15) is 5.76 Å². The summed E-state index contributed by atoms with van der Waals surface area (Å²) in [6.45, 7) is 3.06. The molecule has 1 aromatic heterocycles. The highest BCUT2D eigenvalue weighted by molar-refractivity contribution is 5.96. The summed E-state index contributed by atoms with van der Waals surface area (Å²) in [4.78, 5) is 33.7. The van der Waals surface area contributed by atoms with Gasteiger partial charge in [-0.05, 0) is 26.0 Å². The molecule has 2 aromatic rings. The zero-order valence-corrected chi connectivity index (χ0v) is 12.3. The summed E-state index contributed by atoms with van der Waals surface area (Å²) in [6.07, 6.45) is -1.07. The monoisotopic (exact) mass is 319 g/mol. The first-order valence-corrected chi connectivity index (χ1v) is 6.56. The molecule has 0 radical (unpaired) electrons. The smallest absolute Gasteiger partial charge is 0.338 e. The van der Waals surface area contributed by atoms with E-state index in [-0.39, 0.29) is 17.1 Å². The third-order valence-electron chi connectivity index (χ3n) is 2.85. The molecule has 1 amide bonds. The molecule has 120 valence electrons. The summed E-state index contributed by atoms with van der Waals surface area (Å²) < 4.78 is 9.80. The van der Waals surface area contributed by atoms with Gasteiger partial charge in [-0.15, -0.1) is 0 Å². The molecule has 0 aliphatic carbocycles. The van der Waals surface area contributed by atoms with Crippen molar-refractivity contribution in [2.24, 2.45) is 0 Å². The molecule has 0 bridgehead atoms. The average molecular weight is 319 g/mol. The first kappa shape index (κ1) is 16.1. The van der Waals surface area contributed by atoms with Crippen molar-refractivity contribution < 1.29 is 23.8 Å². The van der Waals surface area contributed by atoms with Crippen LogP contribution in [-0.2, 0) is 9.53 Å². The lowest BCUT2D eigenvalue weighted by atomic mass is 10.2. The van der Waals surface area contributed by atoms with Gasteiger partial charge in [0, 0.05) is 18.2 Å². The van der Waals surface area contributed by atoms with E-state index in [0.717, 1.165) is 0 Å². The molecule has 1 atom stereocenters. The highest BCUT2D eigenvalue weighted by Gasteiger charge is 2.20. The number of aryl methyl sites for hydroxylation is 1. The Bertz CT molecular complexity index is 737. The third-order valence-corrected chi connectivity index (χ3v) is 2.85. The molecule has 0 saturated heterocycles. The van der Waals surface area contributed by atoms with Gasteiger partial charge in [0.25, 0.3) is 11.6 Å². The van der Waals surface area contributed by atoms with Crippen LogP contribution in [0.3, 0.4) is 0 Å². The van der Waals surface area contributed by atoms with E-state index in [1.165, 1.54) is 37.3 Å². The Morgan fingerprint density at radius 3 is 2.52 bits per heavy atom. The Morgan fingerprint density at radius 1 is 1.35 bits per heavy atom. The summed E-state index contributed by atoms with van der Waals surface area (Å²) in [5.41, 5.74) is -0.0405. The number of aromatic nitrogens is 1. The van der Waals surface area contributed by atoms with E-state index in [2.05, 4.69) is 10.5 Å². The number of nitro groups is 1. The molecule has 1 unspecified atom stereocenters. The number of nitro benzene ring substituents is 1. The molecule has 1 aromatic carbocycles. The Hall–Kier alpha value is -3.23. The topological polar surface area (TPSA) is 125 Å². The maximum atomic E-state index is 11.9. The van der Waals surface area contributed by atoms with E-state index in [1.807, 2.05) is 0 Å². The van der Waals surface area contributed by atoms with Gasteiger partial charge in [0.15, 0.2) is 11.9 Å². The third kappa shape index (κ3) is 4.13. The predicted octanol–water partition coefficient (Wildman–Crippen LogP) is 2.08. The number of amides is 1. The summed E-state index contributed by atoms with van der Waals surface area (Å²) in [5, 5.41) is 16.6. The van der Waals surface area contributed by atoms with E-state index in [4.69, 9.17) is 9.26 Å². The standard InChI is InChI=1S/C14H13N3O6/c1-8-7-12(16-23-8)15-13(18)9(2)22-14(19)10-3-5-11(6-4-10)17(20)21/h3-7,9H,1-2H3,(H,15,16,18). The van der Waals surface area contributed by atoms with Gasteiger partial charge < -0.3 is 14.6 Å². The van der Waals surface area contributed by atoms with Gasteiger partial charge in [0.2, 0.25) is 0 Å². The number of carbonyl (C=O) groups excluding carboxylic acids is 2. The van der Waals surface area contributed by atoms with Crippen LogP contribution in [0.25, 0.3) is 0 Å². The number of esters is 1. The van der Waals surface area contributed by atoms with Crippen LogP contribution < -0.4 is 5.32 Å². The van der Waals surface area contributed by atoms with Gasteiger partial charge in [-0.2, -0.15) is 0 Å². The van der Waals surface area contributed by atoms with Crippen molar-refractivity contribution in [1.82, 2.24) is 5.16 Å².